The molecule has 2 aromatic rings. The molecular formula is C18H21FO2S. The molecule has 0 heterocycles. The largest absolute Gasteiger partial charge is 0.228 e. The summed E-state index contributed by atoms with van der Waals surface area (Å²) in [6, 6.07) is 11.6. The predicted octanol–water partition coefficient (Wildman–Crippen LogP) is 4.51. The lowest BCUT2D eigenvalue weighted by Crippen LogP contribution is -2.15. The van der Waals surface area contributed by atoms with Crippen molar-refractivity contribution < 1.29 is 12.8 Å². The Labute approximate surface area is 131 Å². The molecule has 0 bridgehead atoms. The van der Waals surface area contributed by atoms with Crippen LogP contribution >= 0.6 is 0 Å². The van der Waals surface area contributed by atoms with Gasteiger partial charge in [-0.3, -0.25) is 0 Å². The fraction of sp³-hybridized carbons (Fsp3) is 0.333. The normalized spacial score (nSPS) is 13.1. The molecule has 2 rings (SSSR count). The summed E-state index contributed by atoms with van der Waals surface area (Å²) >= 11 is 0. The molecule has 1 atom stereocenters. The fourth-order valence-electron chi connectivity index (χ4n) is 2.65. The molecule has 0 fully saturated rings. The van der Waals surface area contributed by atoms with Gasteiger partial charge in [-0.15, -0.1) is 0 Å². The predicted molar refractivity (Wildman–Crippen MR) is 88.0 cm³/mol. The Morgan fingerprint density at radius 1 is 1.05 bits per heavy atom. The van der Waals surface area contributed by atoms with E-state index in [9.17, 15) is 12.8 Å². The summed E-state index contributed by atoms with van der Waals surface area (Å²) in [6.07, 6.45) is 0.471. The Kier molecular flexibility index (Phi) is 5.01. The molecule has 22 heavy (non-hydrogen) atoms. The minimum absolute atomic E-state index is 0.0103. The highest BCUT2D eigenvalue weighted by Gasteiger charge is 2.26. The molecule has 0 aromatic heterocycles. The van der Waals surface area contributed by atoms with Gasteiger partial charge in [0.1, 0.15) is 5.82 Å². The quantitative estimate of drug-likeness (QED) is 0.812. The van der Waals surface area contributed by atoms with Crippen LogP contribution < -0.4 is 0 Å². The number of benzene rings is 2. The SMILES string of the molecule is CC[C@H](c1ccc(F)cc1)S(=O)(=O)Cc1cc(C)ccc1C. The van der Waals surface area contributed by atoms with E-state index in [0.717, 1.165) is 16.7 Å². The molecule has 4 heteroatoms. The Balaban J connectivity index is 2.35. The first kappa shape index (κ1) is 16.7. The van der Waals surface area contributed by atoms with Crippen molar-refractivity contribution in [2.45, 2.75) is 38.2 Å². The molecule has 0 spiro atoms. The molecule has 0 radical (unpaired) electrons. The number of hydrogen-bond acceptors (Lipinski definition) is 2. The molecule has 0 aliphatic rings. The van der Waals surface area contributed by atoms with Crippen molar-refractivity contribution in [1.29, 1.82) is 0 Å². The molecule has 2 nitrogen and oxygen atoms in total. The van der Waals surface area contributed by atoms with Crippen molar-refractivity contribution in [3.63, 3.8) is 0 Å². The Morgan fingerprint density at radius 2 is 1.68 bits per heavy atom. The summed E-state index contributed by atoms with van der Waals surface area (Å²) in [7, 11) is -3.35. The topological polar surface area (TPSA) is 34.1 Å². The van der Waals surface area contributed by atoms with Gasteiger partial charge in [0.25, 0.3) is 0 Å². The van der Waals surface area contributed by atoms with Crippen LogP contribution in [0.5, 0.6) is 0 Å². The van der Waals surface area contributed by atoms with Crippen LogP contribution in [0.15, 0.2) is 42.5 Å². The molecule has 0 aliphatic carbocycles. The van der Waals surface area contributed by atoms with Crippen molar-refractivity contribution in [2.75, 3.05) is 0 Å². The average molecular weight is 320 g/mol. The van der Waals surface area contributed by atoms with Crippen molar-refractivity contribution in [1.82, 2.24) is 0 Å². The second kappa shape index (κ2) is 6.61. The lowest BCUT2D eigenvalue weighted by molar-refractivity contribution is 0.577. The highest BCUT2D eigenvalue weighted by molar-refractivity contribution is 7.90. The van der Waals surface area contributed by atoms with Crippen LogP contribution in [0.25, 0.3) is 0 Å². The summed E-state index contributed by atoms with van der Waals surface area (Å²) in [5.41, 5.74) is 3.50. The molecule has 0 amide bonds. The monoisotopic (exact) mass is 320 g/mol. The zero-order valence-corrected chi connectivity index (χ0v) is 14.0. The van der Waals surface area contributed by atoms with Gasteiger partial charge in [-0.05, 0) is 49.1 Å². The van der Waals surface area contributed by atoms with E-state index in [1.165, 1.54) is 12.1 Å². The maximum Gasteiger partial charge on any atom is 0.161 e. The summed E-state index contributed by atoms with van der Waals surface area (Å²) in [5, 5.41) is -0.604. The summed E-state index contributed by atoms with van der Waals surface area (Å²) in [6.45, 7) is 5.71. The van der Waals surface area contributed by atoms with E-state index >= 15 is 0 Å². The molecular weight excluding hydrogens is 299 g/mol. The van der Waals surface area contributed by atoms with Gasteiger partial charge >= 0.3 is 0 Å². The second-order valence-corrected chi connectivity index (χ2v) is 7.87. The maximum absolute atomic E-state index is 13.0. The highest BCUT2D eigenvalue weighted by atomic mass is 32.2. The van der Waals surface area contributed by atoms with Crippen molar-refractivity contribution in [3.8, 4) is 0 Å². The molecule has 0 unspecified atom stereocenters. The van der Waals surface area contributed by atoms with Crippen LogP contribution in [0.4, 0.5) is 4.39 Å². The lowest BCUT2D eigenvalue weighted by atomic mass is 10.1. The van der Waals surface area contributed by atoms with E-state index < -0.39 is 15.1 Å². The summed E-state index contributed by atoms with van der Waals surface area (Å²) in [5.74, 6) is -0.346. The fourth-order valence-corrected chi connectivity index (χ4v) is 4.67. The van der Waals surface area contributed by atoms with Crippen LogP contribution in [-0.4, -0.2) is 8.42 Å². The van der Waals surface area contributed by atoms with Gasteiger partial charge in [0.05, 0.1) is 11.0 Å². The molecule has 0 saturated heterocycles. The van der Waals surface area contributed by atoms with E-state index in [-0.39, 0.29) is 11.6 Å². The van der Waals surface area contributed by atoms with Gasteiger partial charge in [-0.1, -0.05) is 42.8 Å². The van der Waals surface area contributed by atoms with Gasteiger partial charge < -0.3 is 0 Å². The van der Waals surface area contributed by atoms with Gasteiger partial charge in [-0.2, -0.15) is 0 Å². The van der Waals surface area contributed by atoms with Crippen LogP contribution in [-0.2, 0) is 15.6 Å². The zero-order chi connectivity index (χ0) is 16.3. The Bertz CT molecular complexity index is 749. The number of rotatable bonds is 5. The first-order chi connectivity index (χ1) is 10.3. The molecule has 2 aromatic carbocycles. The van der Waals surface area contributed by atoms with Crippen molar-refractivity contribution in [3.05, 3.63) is 70.5 Å². The van der Waals surface area contributed by atoms with Crippen molar-refractivity contribution >= 4 is 9.84 Å². The third-order valence-electron chi connectivity index (χ3n) is 3.91. The smallest absolute Gasteiger partial charge is 0.161 e. The van der Waals surface area contributed by atoms with Crippen LogP contribution in [0.2, 0.25) is 0 Å². The summed E-state index contributed by atoms with van der Waals surface area (Å²) < 4.78 is 38.6. The Morgan fingerprint density at radius 3 is 2.27 bits per heavy atom. The van der Waals surface area contributed by atoms with E-state index in [4.69, 9.17) is 0 Å². The van der Waals surface area contributed by atoms with Gasteiger partial charge in [0.2, 0.25) is 0 Å². The van der Waals surface area contributed by atoms with E-state index in [0.29, 0.717) is 12.0 Å². The van der Waals surface area contributed by atoms with Crippen LogP contribution in [0.1, 0.15) is 40.8 Å². The Hall–Kier alpha value is -1.68. The zero-order valence-electron chi connectivity index (χ0n) is 13.1. The average Bonchev–Trinajstić information content (AvgIpc) is 2.45. The number of hydrogen-bond donors (Lipinski definition) is 0. The molecule has 118 valence electrons. The summed E-state index contributed by atoms with van der Waals surface area (Å²) in [4.78, 5) is 0. The highest BCUT2D eigenvalue weighted by Crippen LogP contribution is 2.29. The number of halogens is 1. The van der Waals surface area contributed by atoms with E-state index in [2.05, 4.69) is 0 Å². The first-order valence-corrected chi connectivity index (χ1v) is 9.08. The van der Waals surface area contributed by atoms with Crippen LogP contribution in [0, 0.1) is 19.7 Å². The minimum Gasteiger partial charge on any atom is -0.228 e. The first-order valence-electron chi connectivity index (χ1n) is 7.36. The molecule has 0 aliphatic heterocycles. The minimum atomic E-state index is -3.35. The lowest BCUT2D eigenvalue weighted by Gasteiger charge is -2.17. The number of aryl methyl sites for hydroxylation is 2. The third kappa shape index (κ3) is 3.74. The van der Waals surface area contributed by atoms with Crippen molar-refractivity contribution in [2.24, 2.45) is 0 Å². The number of sulfone groups is 1. The van der Waals surface area contributed by atoms with Gasteiger partial charge in [0, 0.05) is 0 Å². The van der Waals surface area contributed by atoms with Crippen LogP contribution in [0.3, 0.4) is 0 Å². The third-order valence-corrected chi connectivity index (χ3v) is 6.09. The van der Waals surface area contributed by atoms with E-state index in [1.54, 1.807) is 12.1 Å². The molecule has 0 saturated carbocycles. The van der Waals surface area contributed by atoms with Gasteiger partial charge in [-0.25, -0.2) is 12.8 Å². The second-order valence-electron chi connectivity index (χ2n) is 5.69. The van der Waals surface area contributed by atoms with E-state index in [1.807, 2.05) is 39.0 Å². The molecule has 0 N–H and O–H groups in total. The maximum atomic E-state index is 13.0. The van der Waals surface area contributed by atoms with Gasteiger partial charge in [0.15, 0.2) is 9.84 Å². The standard InChI is InChI=1S/C18H21FO2S/c1-4-18(15-7-9-17(19)10-8-15)22(20,21)12-16-11-13(2)5-6-14(16)3/h5-11,18H,4,12H2,1-3H3/t18-/m1/s1.